The first-order chi connectivity index (χ1) is 11.7. The average molecular weight is 328 g/mol. The van der Waals surface area contributed by atoms with Crippen molar-refractivity contribution in [1.82, 2.24) is 10.3 Å². The molecule has 6 heteroatoms. The molecule has 1 aromatic heterocycles. The number of benzene rings is 1. The van der Waals surface area contributed by atoms with Gasteiger partial charge in [-0.3, -0.25) is 0 Å². The van der Waals surface area contributed by atoms with E-state index in [9.17, 15) is 4.39 Å². The minimum absolute atomic E-state index is 0.303. The molecule has 0 atom stereocenters. The van der Waals surface area contributed by atoms with Gasteiger partial charge in [0.1, 0.15) is 11.6 Å². The van der Waals surface area contributed by atoms with Crippen LogP contribution in [0, 0.1) is 11.7 Å². The van der Waals surface area contributed by atoms with E-state index < -0.39 is 0 Å². The molecule has 0 saturated heterocycles. The molecule has 3 N–H and O–H groups in total. The van der Waals surface area contributed by atoms with Gasteiger partial charge in [0, 0.05) is 18.8 Å². The number of nitrogens with one attached hydrogen (secondary N) is 1. The van der Waals surface area contributed by atoms with Crippen molar-refractivity contribution in [2.45, 2.75) is 25.8 Å². The summed E-state index contributed by atoms with van der Waals surface area (Å²) >= 11 is 0. The number of hydrogen-bond acceptors (Lipinski definition) is 3. The zero-order valence-corrected chi connectivity index (χ0v) is 13.4. The maximum atomic E-state index is 12.9. The van der Waals surface area contributed by atoms with Crippen LogP contribution in [0.3, 0.4) is 0 Å². The van der Waals surface area contributed by atoms with Crippen LogP contribution in [0.4, 0.5) is 4.39 Å². The monoisotopic (exact) mass is 328 g/mol. The topological polar surface area (TPSA) is 72.5 Å². The molecule has 1 saturated carbocycles. The van der Waals surface area contributed by atoms with E-state index in [1.54, 1.807) is 24.4 Å². The quantitative estimate of drug-likeness (QED) is 0.631. The Hall–Kier alpha value is -2.63. The molecule has 0 radical (unpaired) electrons. The van der Waals surface area contributed by atoms with Crippen LogP contribution in [0.1, 0.15) is 24.8 Å². The van der Waals surface area contributed by atoms with Crippen LogP contribution in [-0.2, 0) is 6.54 Å². The first kappa shape index (κ1) is 16.2. The van der Waals surface area contributed by atoms with E-state index in [1.165, 1.54) is 31.4 Å². The predicted octanol–water partition coefficient (Wildman–Crippen LogP) is 3.22. The Balaban J connectivity index is 1.55. The molecule has 1 heterocycles. The number of rotatable bonds is 6. The standard InChI is InChI=1S/C18H21FN4O/c19-15-4-6-16(7-5-15)24-17-10-14(8-9-21-17)12-23-18(20)22-11-13-2-1-3-13/h4-10,13H,1-3,11-12H2,(H3,20,22,23). The maximum Gasteiger partial charge on any atom is 0.219 e. The normalized spacial score (nSPS) is 15.0. The van der Waals surface area contributed by atoms with Gasteiger partial charge in [0.05, 0.1) is 6.54 Å². The highest BCUT2D eigenvalue weighted by Gasteiger charge is 2.16. The molecule has 0 bridgehead atoms. The van der Waals surface area contributed by atoms with Gasteiger partial charge in [-0.25, -0.2) is 14.4 Å². The van der Waals surface area contributed by atoms with Gasteiger partial charge in [0.2, 0.25) is 5.88 Å². The van der Waals surface area contributed by atoms with Gasteiger partial charge in [-0.1, -0.05) is 6.42 Å². The van der Waals surface area contributed by atoms with Gasteiger partial charge in [-0.2, -0.15) is 0 Å². The first-order valence-electron chi connectivity index (χ1n) is 8.11. The third-order valence-electron chi connectivity index (χ3n) is 4.06. The zero-order chi connectivity index (χ0) is 16.8. The Morgan fingerprint density at radius 2 is 2.08 bits per heavy atom. The molecule has 126 valence electrons. The number of aromatic nitrogens is 1. The lowest BCUT2D eigenvalue weighted by Gasteiger charge is -2.25. The summed E-state index contributed by atoms with van der Waals surface area (Å²) in [7, 11) is 0. The van der Waals surface area contributed by atoms with E-state index >= 15 is 0 Å². The van der Waals surface area contributed by atoms with Crippen molar-refractivity contribution in [2.24, 2.45) is 16.6 Å². The molecule has 1 aliphatic carbocycles. The molecule has 2 aromatic rings. The molecule has 5 nitrogen and oxygen atoms in total. The Morgan fingerprint density at radius 3 is 2.79 bits per heavy atom. The number of nitrogens with two attached hydrogens (primary N) is 1. The van der Waals surface area contributed by atoms with Crippen LogP contribution in [0.5, 0.6) is 11.6 Å². The SMILES string of the molecule is NC(=NCc1ccnc(Oc2ccc(F)cc2)c1)NCC1CCC1. The van der Waals surface area contributed by atoms with E-state index in [4.69, 9.17) is 10.5 Å². The Bertz CT molecular complexity index is 698. The lowest BCUT2D eigenvalue weighted by Crippen LogP contribution is -2.37. The Kier molecular flexibility index (Phi) is 5.25. The molecular weight excluding hydrogens is 307 g/mol. The van der Waals surface area contributed by atoms with E-state index in [1.807, 2.05) is 6.07 Å². The van der Waals surface area contributed by atoms with Crippen molar-refractivity contribution in [1.29, 1.82) is 0 Å². The predicted molar refractivity (Wildman–Crippen MR) is 91.4 cm³/mol. The summed E-state index contributed by atoms with van der Waals surface area (Å²) in [6.07, 6.45) is 5.52. The fourth-order valence-electron chi connectivity index (χ4n) is 2.41. The molecule has 1 fully saturated rings. The zero-order valence-electron chi connectivity index (χ0n) is 13.4. The largest absolute Gasteiger partial charge is 0.439 e. The minimum atomic E-state index is -0.303. The number of ether oxygens (including phenoxy) is 1. The summed E-state index contributed by atoms with van der Waals surface area (Å²) in [4.78, 5) is 8.49. The number of hydrogen-bond donors (Lipinski definition) is 2. The summed E-state index contributed by atoms with van der Waals surface area (Å²) < 4.78 is 18.5. The summed E-state index contributed by atoms with van der Waals surface area (Å²) in [6.45, 7) is 1.34. The van der Waals surface area contributed by atoms with E-state index in [-0.39, 0.29) is 5.82 Å². The van der Waals surface area contributed by atoms with E-state index in [0.717, 1.165) is 18.0 Å². The molecular formula is C18H21FN4O. The van der Waals surface area contributed by atoms with Gasteiger partial charge >= 0.3 is 0 Å². The molecule has 0 unspecified atom stereocenters. The highest BCUT2D eigenvalue weighted by Crippen LogP contribution is 2.25. The van der Waals surface area contributed by atoms with Crippen molar-refractivity contribution < 1.29 is 9.13 Å². The van der Waals surface area contributed by atoms with Crippen molar-refractivity contribution >= 4 is 5.96 Å². The fraction of sp³-hybridized carbons (Fsp3) is 0.333. The molecule has 1 aromatic carbocycles. The highest BCUT2D eigenvalue weighted by atomic mass is 19.1. The summed E-state index contributed by atoms with van der Waals surface area (Å²) in [5.41, 5.74) is 6.82. The summed E-state index contributed by atoms with van der Waals surface area (Å²) in [5.74, 6) is 1.86. The fourth-order valence-corrected chi connectivity index (χ4v) is 2.41. The molecule has 0 aliphatic heterocycles. The van der Waals surface area contributed by atoms with Crippen LogP contribution in [0.2, 0.25) is 0 Å². The van der Waals surface area contributed by atoms with Gasteiger partial charge in [-0.15, -0.1) is 0 Å². The lowest BCUT2D eigenvalue weighted by atomic mass is 9.85. The Morgan fingerprint density at radius 1 is 1.29 bits per heavy atom. The first-order valence-corrected chi connectivity index (χ1v) is 8.11. The van der Waals surface area contributed by atoms with Crippen LogP contribution in [0.25, 0.3) is 0 Å². The van der Waals surface area contributed by atoms with Crippen molar-refractivity contribution in [3.05, 3.63) is 54.0 Å². The van der Waals surface area contributed by atoms with Crippen molar-refractivity contribution in [2.75, 3.05) is 6.54 Å². The second kappa shape index (κ2) is 7.77. The number of aliphatic imine (C=N–C) groups is 1. The number of guanidine groups is 1. The van der Waals surface area contributed by atoms with Crippen molar-refractivity contribution in [3.8, 4) is 11.6 Å². The summed E-state index contributed by atoms with van der Waals surface area (Å²) in [6, 6.07) is 9.47. The third-order valence-corrected chi connectivity index (χ3v) is 4.06. The van der Waals surface area contributed by atoms with Crippen molar-refractivity contribution in [3.63, 3.8) is 0 Å². The highest BCUT2D eigenvalue weighted by molar-refractivity contribution is 5.77. The van der Waals surface area contributed by atoms with Gasteiger partial charge in [0.25, 0.3) is 0 Å². The summed E-state index contributed by atoms with van der Waals surface area (Å²) in [5, 5.41) is 3.16. The second-order valence-corrected chi connectivity index (χ2v) is 5.94. The van der Waals surface area contributed by atoms with Crippen LogP contribution in [0.15, 0.2) is 47.6 Å². The van der Waals surface area contributed by atoms with Gasteiger partial charge in [0.15, 0.2) is 5.96 Å². The second-order valence-electron chi connectivity index (χ2n) is 5.94. The molecule has 1 aliphatic rings. The molecule has 0 amide bonds. The average Bonchev–Trinajstić information content (AvgIpc) is 2.54. The number of nitrogens with zero attached hydrogens (tertiary/aromatic N) is 2. The third kappa shape index (κ3) is 4.68. The van der Waals surface area contributed by atoms with E-state index in [0.29, 0.717) is 24.1 Å². The molecule has 0 spiro atoms. The van der Waals surface area contributed by atoms with Crippen LogP contribution in [-0.4, -0.2) is 17.5 Å². The number of pyridine rings is 1. The van der Waals surface area contributed by atoms with E-state index in [2.05, 4.69) is 15.3 Å². The van der Waals surface area contributed by atoms with Gasteiger partial charge in [-0.05, 0) is 54.7 Å². The number of halogens is 1. The van der Waals surface area contributed by atoms with Gasteiger partial charge < -0.3 is 15.8 Å². The van der Waals surface area contributed by atoms with Crippen LogP contribution >= 0.6 is 0 Å². The Labute approximate surface area is 140 Å². The molecule has 3 rings (SSSR count). The van der Waals surface area contributed by atoms with Crippen LogP contribution < -0.4 is 15.8 Å². The minimum Gasteiger partial charge on any atom is -0.439 e. The molecule has 24 heavy (non-hydrogen) atoms. The smallest absolute Gasteiger partial charge is 0.219 e. The maximum absolute atomic E-state index is 12.9. The lowest BCUT2D eigenvalue weighted by molar-refractivity contribution is 0.315.